The van der Waals surface area contributed by atoms with E-state index in [0.29, 0.717) is 0 Å². The third-order valence-corrected chi connectivity index (χ3v) is 1.25. The van der Waals surface area contributed by atoms with Crippen molar-refractivity contribution in [1.82, 2.24) is 0 Å². The van der Waals surface area contributed by atoms with E-state index in [0.717, 1.165) is 0 Å². The molecule has 0 rings (SSSR count). The average molecular weight is 630 g/mol. The summed E-state index contributed by atoms with van der Waals surface area (Å²) in [6, 6.07) is 0. The van der Waals surface area contributed by atoms with Crippen molar-refractivity contribution < 1.29 is 76.6 Å². The summed E-state index contributed by atoms with van der Waals surface area (Å²) in [5.41, 5.74) is 0. The summed E-state index contributed by atoms with van der Waals surface area (Å²) in [7, 11) is -2.41. The molecule has 0 unspecified atom stereocenters. The van der Waals surface area contributed by atoms with Crippen LogP contribution in [0, 0.1) is 62.2 Å². The smallest absolute Gasteiger partial charge is 0.330 e. The molecule has 0 bridgehead atoms. The minimum absolute atomic E-state index is 0. The first-order valence-corrected chi connectivity index (χ1v) is 4.89. The van der Waals surface area contributed by atoms with Crippen LogP contribution < -0.4 is 0 Å². The van der Waals surface area contributed by atoms with Crippen LogP contribution in [0.4, 0.5) is 0 Å². The molecule has 0 fully saturated rings. The maximum Gasteiger partial charge on any atom is 0.330 e. The fourth-order valence-corrected chi connectivity index (χ4v) is 0.474. The molecule has 3 nitrogen and oxygen atoms in total. The van der Waals surface area contributed by atoms with Crippen LogP contribution in [-0.4, -0.2) is 25.3 Å². The largest absolute Gasteiger partial charge is 0.411 e. The first-order chi connectivity index (χ1) is 3.06. The second-order valence-corrected chi connectivity index (χ2v) is 4.90. The fraction of sp³-hybridized carbons (Fsp3) is 1.00. The summed E-state index contributed by atoms with van der Waals surface area (Å²) in [6.45, 7) is 2.79. The molecule has 0 saturated heterocycles. The summed E-state index contributed by atoms with van der Waals surface area (Å²) < 4.78 is 4.48. The van der Waals surface area contributed by atoms with Crippen molar-refractivity contribution >= 4 is 8.56 Å². The molecular formula is C5H18O3SiU2. The van der Waals surface area contributed by atoms with Gasteiger partial charge in [0.05, 0.1) is 0 Å². The molecule has 0 spiro atoms. The van der Waals surface area contributed by atoms with Crippen LogP contribution in [0.2, 0.25) is 13.1 Å². The van der Waals surface area contributed by atoms with Gasteiger partial charge in [-0.3, -0.25) is 0 Å². The third kappa shape index (κ3) is 33.0. The van der Waals surface area contributed by atoms with Gasteiger partial charge >= 0.3 is 8.56 Å². The molecular weight excluding hydrogens is 612 g/mol. The van der Waals surface area contributed by atoms with Crippen molar-refractivity contribution in [3.63, 3.8) is 0 Å². The van der Waals surface area contributed by atoms with Gasteiger partial charge < -0.3 is 14.3 Å². The Morgan fingerprint density at radius 1 is 1.18 bits per heavy atom. The van der Waals surface area contributed by atoms with Crippen molar-refractivity contribution in [2.45, 2.75) is 27.9 Å². The van der Waals surface area contributed by atoms with Crippen LogP contribution >= 0.6 is 0 Å². The Labute approximate surface area is 118 Å². The Kier molecular flexibility index (Phi) is 39.1. The van der Waals surface area contributed by atoms with Crippen LogP contribution in [0.25, 0.3) is 0 Å². The zero-order valence-corrected chi connectivity index (χ0v) is 14.8. The van der Waals surface area contributed by atoms with Crippen LogP contribution in [0.3, 0.4) is 0 Å². The Balaban J connectivity index is -0.0000000300. The predicted molar refractivity (Wildman–Crippen MR) is 41.3 cm³/mol. The predicted octanol–water partition coefficient (Wildman–Crippen LogP) is 0.919. The van der Waals surface area contributed by atoms with E-state index in [-0.39, 0.29) is 83.9 Å². The average Bonchev–Trinajstić information content (AvgIpc) is 1.30. The number of aliphatic hydroxyl groups is 1. The van der Waals surface area contributed by atoms with Crippen LogP contribution in [0.15, 0.2) is 0 Å². The molecule has 0 saturated carbocycles. The number of aliphatic hydroxyl groups excluding tert-OH is 1. The first-order valence-electron chi connectivity index (χ1n) is 2.03. The molecule has 0 aromatic carbocycles. The first kappa shape index (κ1) is 29.2. The molecule has 0 aliphatic rings. The molecule has 2 N–H and O–H groups in total. The van der Waals surface area contributed by atoms with Gasteiger partial charge in [0.25, 0.3) is 0 Å². The van der Waals surface area contributed by atoms with E-state index in [1.165, 1.54) is 0 Å². The number of rotatable bonds is 2. The van der Waals surface area contributed by atoms with Gasteiger partial charge in [-0.15, -0.1) is 0 Å². The second kappa shape index (κ2) is 14.7. The summed E-state index contributed by atoms with van der Waals surface area (Å²) in [5.74, 6) is 0. The third-order valence-electron chi connectivity index (χ3n) is 0.418. The second-order valence-electron chi connectivity index (χ2n) is 1.72. The topological polar surface area (TPSA) is 49.7 Å². The van der Waals surface area contributed by atoms with E-state index in [2.05, 4.69) is 4.43 Å². The van der Waals surface area contributed by atoms with Crippen molar-refractivity contribution in [3.05, 3.63) is 0 Å². The minimum Gasteiger partial charge on any atom is -0.411 e. The van der Waals surface area contributed by atoms with Gasteiger partial charge in [-0.1, -0.05) is 14.9 Å². The Morgan fingerprint density at radius 2 is 1.45 bits per heavy atom. The molecule has 0 aliphatic carbocycles. The molecule has 6 heteroatoms. The van der Waals surface area contributed by atoms with E-state index in [1.807, 2.05) is 0 Å². The van der Waals surface area contributed by atoms with Gasteiger partial charge in [-0.05, 0) is 13.1 Å². The number of hydrogen-bond donors (Lipinski definition) is 2. The van der Waals surface area contributed by atoms with Crippen LogP contribution in [0.1, 0.15) is 14.9 Å². The van der Waals surface area contributed by atoms with Gasteiger partial charge in [0.15, 0.2) is 0 Å². The minimum atomic E-state index is -2.41. The molecule has 0 aromatic heterocycles. The van der Waals surface area contributed by atoms with Gasteiger partial charge in [-0.2, -0.15) is 0 Å². The summed E-state index contributed by atoms with van der Waals surface area (Å²) in [6.07, 6.45) is 0. The molecule has 0 aliphatic heterocycles. The van der Waals surface area contributed by atoms with Crippen LogP contribution in [0.5, 0.6) is 0 Å². The Hall–Kier alpha value is 2.20. The SMILES string of the molecule is C.C.C[Si](C)(O)OCO.[U].[U]. The molecule has 0 heterocycles. The van der Waals surface area contributed by atoms with E-state index < -0.39 is 8.56 Å². The molecule has 0 amide bonds. The molecule has 11 heavy (non-hydrogen) atoms. The molecule has 0 atom stereocenters. The van der Waals surface area contributed by atoms with Gasteiger partial charge in [0.1, 0.15) is 6.79 Å². The van der Waals surface area contributed by atoms with Crippen molar-refractivity contribution in [1.29, 1.82) is 0 Å². The monoisotopic (exact) mass is 630 g/mol. The van der Waals surface area contributed by atoms with E-state index in [1.54, 1.807) is 13.1 Å². The molecule has 0 aromatic rings. The standard InChI is InChI=1S/C3H10O3Si.2CH4.2U/c1-7(2,5)6-3-4;;;;/h4-5H,3H2,1-2H3;2*1H4;;. The summed E-state index contributed by atoms with van der Waals surface area (Å²) >= 11 is 0. The molecule has 68 valence electrons. The molecule has 0 radical (unpaired) electrons. The van der Waals surface area contributed by atoms with E-state index >= 15 is 0 Å². The van der Waals surface area contributed by atoms with Crippen molar-refractivity contribution in [3.8, 4) is 0 Å². The summed E-state index contributed by atoms with van der Waals surface area (Å²) in [5, 5.41) is 8.05. The summed E-state index contributed by atoms with van der Waals surface area (Å²) in [4.78, 5) is 8.77. The normalized spacial score (nSPS) is 7.64. The van der Waals surface area contributed by atoms with E-state index in [9.17, 15) is 0 Å². The Bertz CT molecular complexity index is 58.2. The quantitative estimate of drug-likeness (QED) is 0.353. The maximum atomic E-state index is 8.77. The number of hydrogen-bond acceptors (Lipinski definition) is 3. The van der Waals surface area contributed by atoms with Gasteiger partial charge in [-0.25, -0.2) is 0 Å². The Morgan fingerprint density at radius 3 is 1.45 bits per heavy atom. The van der Waals surface area contributed by atoms with Crippen molar-refractivity contribution in [2.75, 3.05) is 6.79 Å². The van der Waals surface area contributed by atoms with Gasteiger partial charge in [0.2, 0.25) is 0 Å². The van der Waals surface area contributed by atoms with Gasteiger partial charge in [0, 0.05) is 62.2 Å². The zero-order chi connectivity index (χ0) is 5.91. The van der Waals surface area contributed by atoms with Crippen molar-refractivity contribution in [2.24, 2.45) is 0 Å². The maximum absolute atomic E-state index is 8.77. The zero-order valence-electron chi connectivity index (χ0n) is 5.51. The van der Waals surface area contributed by atoms with E-state index in [4.69, 9.17) is 9.90 Å². The fourth-order valence-electron chi connectivity index (χ4n) is 0.158. The van der Waals surface area contributed by atoms with Crippen LogP contribution in [-0.2, 0) is 4.43 Å².